The second-order valence-corrected chi connectivity index (χ2v) is 4.20. The summed E-state index contributed by atoms with van der Waals surface area (Å²) in [5, 5.41) is 0. The van der Waals surface area contributed by atoms with Crippen LogP contribution < -0.4 is 0 Å². The smallest absolute Gasteiger partial charge is 0.345 e. The third kappa shape index (κ3) is 4.43. The predicted molar refractivity (Wildman–Crippen MR) is 71.3 cm³/mol. The molecule has 1 saturated heterocycles. The summed E-state index contributed by atoms with van der Waals surface area (Å²) in [7, 11) is 1.99. The highest BCUT2D eigenvalue weighted by atomic mass is 16.6. The maximum Gasteiger partial charge on any atom is 0.345 e. The zero-order valence-corrected chi connectivity index (χ0v) is 11.8. The summed E-state index contributed by atoms with van der Waals surface area (Å²) in [6, 6.07) is 0. The molecule has 0 amide bonds. The first-order valence-corrected chi connectivity index (χ1v) is 6.56. The Hall–Kier alpha value is -1.78. The lowest BCUT2D eigenvalue weighted by Gasteiger charge is -2.11. The number of ether oxygens (including phenoxy) is 2. The highest BCUT2D eigenvalue weighted by molar-refractivity contribution is 6.14. The average Bonchev–Trinajstić information content (AvgIpc) is 2.76. The Bertz CT molecular complexity index is 378. The van der Waals surface area contributed by atoms with Crippen molar-refractivity contribution in [3.8, 4) is 0 Å². The topological polar surface area (TPSA) is 55.8 Å². The number of hydrogen-bond donors (Lipinski definition) is 0. The molecule has 1 fully saturated rings. The Morgan fingerprint density at radius 3 is 2.21 bits per heavy atom. The van der Waals surface area contributed by atoms with Crippen LogP contribution in [-0.4, -0.2) is 43.6 Å². The molecule has 1 heterocycles. The van der Waals surface area contributed by atoms with E-state index in [2.05, 4.69) is 4.90 Å². The van der Waals surface area contributed by atoms with Crippen molar-refractivity contribution in [1.82, 2.24) is 4.90 Å². The van der Waals surface area contributed by atoms with Crippen molar-refractivity contribution in [3.63, 3.8) is 0 Å². The van der Waals surface area contributed by atoms with E-state index in [1.165, 1.54) is 6.08 Å². The van der Waals surface area contributed by atoms with E-state index in [1.54, 1.807) is 19.9 Å². The molecule has 0 N–H and O–H groups in total. The molecule has 0 bridgehead atoms. The second kappa shape index (κ2) is 7.61. The van der Waals surface area contributed by atoms with Gasteiger partial charge in [-0.2, -0.15) is 0 Å². The van der Waals surface area contributed by atoms with Gasteiger partial charge in [0.2, 0.25) is 0 Å². The molecule has 1 aliphatic heterocycles. The molecule has 106 valence electrons. The van der Waals surface area contributed by atoms with Gasteiger partial charge in [-0.1, -0.05) is 0 Å². The van der Waals surface area contributed by atoms with Crippen LogP contribution in [0.25, 0.3) is 0 Å². The van der Waals surface area contributed by atoms with E-state index in [0.717, 1.165) is 25.1 Å². The summed E-state index contributed by atoms with van der Waals surface area (Å²) in [4.78, 5) is 25.5. The summed E-state index contributed by atoms with van der Waals surface area (Å²) in [6.45, 7) is 4.85. The van der Waals surface area contributed by atoms with E-state index >= 15 is 0 Å². The molecule has 5 nitrogen and oxygen atoms in total. The van der Waals surface area contributed by atoms with Crippen LogP contribution in [0.3, 0.4) is 0 Å². The summed E-state index contributed by atoms with van der Waals surface area (Å²) in [5.74, 6) is -1.28. The zero-order valence-electron chi connectivity index (χ0n) is 11.8. The molecular formula is C14H21NO4. The first-order valence-electron chi connectivity index (χ1n) is 6.56. The van der Waals surface area contributed by atoms with Crippen molar-refractivity contribution in [3.05, 3.63) is 23.4 Å². The van der Waals surface area contributed by atoms with Gasteiger partial charge in [-0.15, -0.1) is 0 Å². The van der Waals surface area contributed by atoms with Crippen LogP contribution in [0.2, 0.25) is 0 Å². The van der Waals surface area contributed by atoms with Gasteiger partial charge in [0.15, 0.2) is 0 Å². The van der Waals surface area contributed by atoms with Crippen LogP contribution in [0.5, 0.6) is 0 Å². The number of nitrogens with zero attached hydrogens (tertiary/aromatic N) is 1. The molecule has 0 aromatic heterocycles. The second-order valence-electron chi connectivity index (χ2n) is 4.20. The van der Waals surface area contributed by atoms with Gasteiger partial charge in [-0.3, -0.25) is 0 Å². The Morgan fingerprint density at radius 2 is 1.79 bits per heavy atom. The molecule has 0 unspecified atom stereocenters. The van der Waals surface area contributed by atoms with E-state index in [4.69, 9.17) is 9.47 Å². The highest BCUT2D eigenvalue weighted by Gasteiger charge is 2.20. The lowest BCUT2D eigenvalue weighted by Crippen LogP contribution is -2.18. The standard InChI is InChI=1S/C14H21NO4/c1-4-18-13(16)12(14(17)19-5-2)9-8-11-7-6-10-15(11)3/h8-9H,4-7,10H2,1-3H3/b11-8+. The first-order chi connectivity index (χ1) is 9.10. The molecule has 0 spiro atoms. The van der Waals surface area contributed by atoms with E-state index in [1.807, 2.05) is 7.05 Å². The van der Waals surface area contributed by atoms with Crippen molar-refractivity contribution in [2.75, 3.05) is 26.8 Å². The van der Waals surface area contributed by atoms with Gasteiger partial charge in [0.05, 0.1) is 13.2 Å². The van der Waals surface area contributed by atoms with Gasteiger partial charge in [0.1, 0.15) is 5.57 Å². The molecule has 0 aliphatic carbocycles. The lowest BCUT2D eigenvalue weighted by molar-refractivity contribution is -0.146. The molecule has 1 aliphatic rings. The minimum absolute atomic E-state index is 0.0588. The van der Waals surface area contributed by atoms with Crippen LogP contribution in [-0.2, 0) is 19.1 Å². The normalized spacial score (nSPS) is 16.4. The zero-order chi connectivity index (χ0) is 14.3. The third-order valence-electron chi connectivity index (χ3n) is 2.85. The third-order valence-corrected chi connectivity index (χ3v) is 2.85. The Labute approximate surface area is 113 Å². The van der Waals surface area contributed by atoms with Gasteiger partial charge in [0.25, 0.3) is 0 Å². The Morgan fingerprint density at radius 1 is 1.21 bits per heavy atom. The number of rotatable bonds is 5. The van der Waals surface area contributed by atoms with E-state index in [9.17, 15) is 9.59 Å². The number of esters is 2. The lowest BCUT2D eigenvalue weighted by atomic mass is 10.2. The fourth-order valence-electron chi connectivity index (χ4n) is 1.86. The Kier molecular flexibility index (Phi) is 6.12. The predicted octanol–water partition coefficient (Wildman–Crippen LogP) is 1.65. The van der Waals surface area contributed by atoms with Crippen molar-refractivity contribution < 1.29 is 19.1 Å². The van der Waals surface area contributed by atoms with E-state index in [0.29, 0.717) is 0 Å². The summed E-state index contributed by atoms with van der Waals surface area (Å²) in [5.41, 5.74) is 1.04. The maximum absolute atomic E-state index is 11.7. The van der Waals surface area contributed by atoms with Crippen LogP contribution in [0, 0.1) is 0 Å². The van der Waals surface area contributed by atoms with E-state index in [-0.39, 0.29) is 18.8 Å². The van der Waals surface area contributed by atoms with Crippen molar-refractivity contribution in [2.45, 2.75) is 26.7 Å². The number of likely N-dealkylation sites (tertiary alicyclic amines) is 1. The number of hydrogen-bond acceptors (Lipinski definition) is 5. The quantitative estimate of drug-likeness (QED) is 0.328. The maximum atomic E-state index is 11.7. The number of allylic oxidation sites excluding steroid dienone is 3. The molecule has 5 heteroatoms. The molecule has 0 aromatic rings. The monoisotopic (exact) mass is 267 g/mol. The van der Waals surface area contributed by atoms with Crippen molar-refractivity contribution in [1.29, 1.82) is 0 Å². The number of carbonyl (C=O) groups excluding carboxylic acids is 2. The SMILES string of the molecule is CCOC(=O)C(=C/C=C1\CCCN1C)C(=O)OCC. The van der Waals surface area contributed by atoms with Crippen molar-refractivity contribution in [2.24, 2.45) is 0 Å². The van der Waals surface area contributed by atoms with Crippen LogP contribution in [0.1, 0.15) is 26.7 Å². The first kappa shape index (κ1) is 15.3. The fraction of sp³-hybridized carbons (Fsp3) is 0.571. The molecule has 0 aromatic carbocycles. The van der Waals surface area contributed by atoms with Crippen LogP contribution in [0.4, 0.5) is 0 Å². The summed E-state index contributed by atoms with van der Waals surface area (Å²) in [6.07, 6.45) is 5.32. The Balaban J connectivity index is 2.89. The summed E-state index contributed by atoms with van der Waals surface area (Å²) < 4.78 is 9.73. The van der Waals surface area contributed by atoms with Gasteiger partial charge >= 0.3 is 11.9 Å². The van der Waals surface area contributed by atoms with Gasteiger partial charge in [-0.25, -0.2) is 9.59 Å². The van der Waals surface area contributed by atoms with Gasteiger partial charge in [0, 0.05) is 19.3 Å². The molecule has 1 rings (SSSR count). The molecule has 0 radical (unpaired) electrons. The fourth-order valence-corrected chi connectivity index (χ4v) is 1.86. The minimum Gasteiger partial charge on any atom is -0.462 e. The van der Waals surface area contributed by atoms with Gasteiger partial charge in [-0.05, 0) is 38.8 Å². The number of carbonyl (C=O) groups is 2. The minimum atomic E-state index is -0.640. The van der Waals surface area contributed by atoms with Crippen molar-refractivity contribution >= 4 is 11.9 Å². The van der Waals surface area contributed by atoms with Crippen LogP contribution >= 0.6 is 0 Å². The van der Waals surface area contributed by atoms with E-state index < -0.39 is 11.9 Å². The highest BCUT2D eigenvalue weighted by Crippen LogP contribution is 2.19. The molecule has 0 atom stereocenters. The summed E-state index contributed by atoms with van der Waals surface area (Å²) >= 11 is 0. The largest absolute Gasteiger partial charge is 0.462 e. The molecule has 0 saturated carbocycles. The molecular weight excluding hydrogens is 246 g/mol. The van der Waals surface area contributed by atoms with Gasteiger partial charge < -0.3 is 14.4 Å². The average molecular weight is 267 g/mol. The van der Waals surface area contributed by atoms with Crippen LogP contribution in [0.15, 0.2) is 23.4 Å². The molecule has 19 heavy (non-hydrogen) atoms.